The zero-order valence-electron chi connectivity index (χ0n) is 12.7. The van der Waals surface area contributed by atoms with Crippen molar-refractivity contribution in [3.05, 3.63) is 71.9 Å². The number of anilines is 2. The van der Waals surface area contributed by atoms with Crippen molar-refractivity contribution in [2.45, 2.75) is 6.92 Å². The lowest BCUT2D eigenvalue weighted by Gasteiger charge is -2.08. The summed E-state index contributed by atoms with van der Waals surface area (Å²) in [7, 11) is 0. The van der Waals surface area contributed by atoms with Crippen LogP contribution in [0.1, 0.15) is 15.9 Å². The van der Waals surface area contributed by atoms with E-state index < -0.39 is 0 Å². The minimum Gasteiger partial charge on any atom is -0.383 e. The molecule has 5 nitrogen and oxygen atoms in total. The summed E-state index contributed by atoms with van der Waals surface area (Å²) >= 11 is 0. The van der Waals surface area contributed by atoms with Gasteiger partial charge in [0.2, 0.25) is 0 Å². The molecule has 0 aliphatic rings. The summed E-state index contributed by atoms with van der Waals surface area (Å²) in [6, 6.07) is 17.0. The fourth-order valence-electron chi connectivity index (χ4n) is 2.22. The molecular weight excluding hydrogens is 288 g/mol. The highest BCUT2D eigenvalue weighted by molar-refractivity contribution is 6.07. The Kier molecular flexibility index (Phi) is 4.01. The second-order valence-electron chi connectivity index (χ2n) is 5.18. The number of nitrogen functional groups attached to an aromatic ring is 1. The molecule has 114 valence electrons. The van der Waals surface area contributed by atoms with Gasteiger partial charge in [0, 0.05) is 17.4 Å². The molecule has 1 heterocycles. The Hall–Kier alpha value is -3.21. The second kappa shape index (κ2) is 6.27. The van der Waals surface area contributed by atoms with Crippen molar-refractivity contribution in [1.29, 1.82) is 0 Å². The number of carbonyl (C=O) groups is 1. The number of nitrogens with one attached hydrogen (secondary N) is 1. The summed E-state index contributed by atoms with van der Waals surface area (Å²) < 4.78 is 0. The molecule has 0 radical (unpaired) electrons. The fourth-order valence-corrected chi connectivity index (χ4v) is 2.22. The van der Waals surface area contributed by atoms with E-state index >= 15 is 0 Å². The van der Waals surface area contributed by atoms with Crippen LogP contribution < -0.4 is 11.1 Å². The molecule has 3 rings (SSSR count). The molecule has 0 fully saturated rings. The largest absolute Gasteiger partial charge is 0.383 e. The first-order chi connectivity index (χ1) is 11.1. The molecule has 0 atom stereocenters. The van der Waals surface area contributed by atoms with Gasteiger partial charge in [0.05, 0.1) is 0 Å². The number of hydrogen-bond acceptors (Lipinski definition) is 4. The second-order valence-corrected chi connectivity index (χ2v) is 5.18. The smallest absolute Gasteiger partial charge is 0.260 e. The minimum absolute atomic E-state index is 0.156. The Labute approximate surface area is 134 Å². The predicted octanol–water partition coefficient (Wildman–Crippen LogP) is 3.29. The monoisotopic (exact) mass is 304 g/mol. The van der Waals surface area contributed by atoms with Crippen LogP contribution in [0.25, 0.3) is 11.4 Å². The van der Waals surface area contributed by atoms with Crippen molar-refractivity contribution in [3.63, 3.8) is 0 Å². The number of aryl methyl sites for hydroxylation is 1. The maximum absolute atomic E-state index is 12.3. The molecule has 5 heteroatoms. The molecule has 0 saturated carbocycles. The third-order valence-corrected chi connectivity index (χ3v) is 3.37. The summed E-state index contributed by atoms with van der Waals surface area (Å²) in [5, 5.41) is 2.80. The minimum atomic E-state index is -0.326. The van der Waals surface area contributed by atoms with Crippen LogP contribution in [-0.2, 0) is 0 Å². The van der Waals surface area contributed by atoms with Gasteiger partial charge in [-0.15, -0.1) is 0 Å². The summed E-state index contributed by atoms with van der Waals surface area (Å²) in [5.74, 6) is 0.326. The average molecular weight is 304 g/mol. The van der Waals surface area contributed by atoms with Crippen LogP contribution in [0, 0.1) is 6.92 Å². The van der Waals surface area contributed by atoms with Crippen molar-refractivity contribution < 1.29 is 4.79 Å². The van der Waals surface area contributed by atoms with Crippen LogP contribution in [0.4, 0.5) is 11.5 Å². The number of benzene rings is 2. The molecular formula is C18H16N4O. The van der Waals surface area contributed by atoms with Gasteiger partial charge in [0.25, 0.3) is 5.91 Å². The van der Waals surface area contributed by atoms with Gasteiger partial charge >= 0.3 is 0 Å². The molecule has 0 unspecified atom stereocenters. The number of nitrogens with zero attached hydrogens (tertiary/aromatic N) is 2. The van der Waals surface area contributed by atoms with Crippen molar-refractivity contribution >= 4 is 17.4 Å². The first-order valence-corrected chi connectivity index (χ1v) is 7.19. The highest BCUT2D eigenvalue weighted by atomic mass is 16.1. The average Bonchev–Trinajstić information content (AvgIpc) is 2.55. The topological polar surface area (TPSA) is 80.9 Å². The van der Waals surface area contributed by atoms with Gasteiger partial charge in [-0.25, -0.2) is 9.97 Å². The molecule has 0 aliphatic carbocycles. The summed E-state index contributed by atoms with van der Waals surface area (Å²) in [6.07, 6.45) is 1.45. The van der Waals surface area contributed by atoms with E-state index in [-0.39, 0.29) is 17.3 Å². The van der Waals surface area contributed by atoms with E-state index in [1.165, 1.54) is 6.20 Å². The molecule has 23 heavy (non-hydrogen) atoms. The quantitative estimate of drug-likeness (QED) is 0.778. The van der Waals surface area contributed by atoms with E-state index in [0.29, 0.717) is 11.5 Å². The lowest BCUT2D eigenvalue weighted by atomic mass is 10.2. The Bertz CT molecular complexity index is 847. The van der Waals surface area contributed by atoms with E-state index in [9.17, 15) is 4.79 Å². The van der Waals surface area contributed by atoms with Crippen LogP contribution in [0.15, 0.2) is 60.8 Å². The summed E-state index contributed by atoms with van der Waals surface area (Å²) in [4.78, 5) is 20.8. The first kappa shape index (κ1) is 14.7. The Balaban J connectivity index is 1.84. The number of aromatic nitrogens is 2. The lowest BCUT2D eigenvalue weighted by molar-refractivity contribution is 0.102. The first-order valence-electron chi connectivity index (χ1n) is 7.19. The molecule has 2 aromatic carbocycles. The number of rotatable bonds is 3. The van der Waals surface area contributed by atoms with Gasteiger partial charge in [0.1, 0.15) is 11.4 Å². The SMILES string of the molecule is Cc1cccc(NC(=O)c2cnc(-c3ccccc3)nc2N)c1. The number of hydrogen-bond donors (Lipinski definition) is 2. The third-order valence-electron chi connectivity index (χ3n) is 3.37. The lowest BCUT2D eigenvalue weighted by Crippen LogP contribution is -2.15. The molecule has 3 N–H and O–H groups in total. The molecule has 0 saturated heterocycles. The normalized spacial score (nSPS) is 10.3. The third kappa shape index (κ3) is 3.35. The fraction of sp³-hybridized carbons (Fsp3) is 0.0556. The van der Waals surface area contributed by atoms with Crippen LogP contribution in [-0.4, -0.2) is 15.9 Å². The Morgan fingerprint density at radius 2 is 1.87 bits per heavy atom. The molecule has 0 bridgehead atoms. The molecule has 0 aliphatic heterocycles. The van der Waals surface area contributed by atoms with E-state index in [2.05, 4.69) is 15.3 Å². The van der Waals surface area contributed by atoms with Crippen LogP contribution in [0.3, 0.4) is 0 Å². The molecule has 0 spiro atoms. The van der Waals surface area contributed by atoms with Gasteiger partial charge in [-0.1, -0.05) is 42.5 Å². The summed E-state index contributed by atoms with van der Waals surface area (Å²) in [6.45, 7) is 1.96. The highest BCUT2D eigenvalue weighted by Crippen LogP contribution is 2.18. The molecule has 1 aromatic heterocycles. The van der Waals surface area contributed by atoms with Gasteiger partial charge in [-0.2, -0.15) is 0 Å². The van der Waals surface area contributed by atoms with Crippen molar-refractivity contribution in [3.8, 4) is 11.4 Å². The van der Waals surface area contributed by atoms with Crippen molar-refractivity contribution in [2.24, 2.45) is 0 Å². The maximum atomic E-state index is 12.3. The summed E-state index contributed by atoms with van der Waals surface area (Å²) in [5.41, 5.74) is 8.81. The molecule has 3 aromatic rings. The molecule has 1 amide bonds. The van der Waals surface area contributed by atoms with Crippen molar-refractivity contribution in [1.82, 2.24) is 9.97 Å². The standard InChI is InChI=1S/C18H16N4O/c1-12-6-5-9-14(10-12)21-18(23)15-11-20-17(22-16(15)19)13-7-3-2-4-8-13/h2-11H,1H3,(H,21,23)(H2,19,20,22). The van der Waals surface area contributed by atoms with Crippen molar-refractivity contribution in [2.75, 3.05) is 11.1 Å². The van der Waals surface area contributed by atoms with Gasteiger partial charge < -0.3 is 11.1 Å². The van der Waals surface area contributed by atoms with E-state index in [1.54, 1.807) is 0 Å². The highest BCUT2D eigenvalue weighted by Gasteiger charge is 2.13. The maximum Gasteiger partial charge on any atom is 0.260 e. The predicted molar refractivity (Wildman–Crippen MR) is 91.0 cm³/mol. The van der Waals surface area contributed by atoms with Crippen LogP contribution >= 0.6 is 0 Å². The number of amides is 1. The van der Waals surface area contributed by atoms with E-state index in [4.69, 9.17) is 5.73 Å². The van der Waals surface area contributed by atoms with Gasteiger partial charge in [-0.05, 0) is 24.6 Å². The van der Waals surface area contributed by atoms with Crippen LogP contribution in [0.2, 0.25) is 0 Å². The number of carbonyl (C=O) groups excluding carboxylic acids is 1. The number of nitrogens with two attached hydrogens (primary N) is 1. The Morgan fingerprint density at radius 3 is 2.57 bits per heavy atom. The zero-order chi connectivity index (χ0) is 16.2. The van der Waals surface area contributed by atoms with Gasteiger partial charge in [0.15, 0.2) is 5.82 Å². The van der Waals surface area contributed by atoms with Crippen LogP contribution in [0.5, 0.6) is 0 Å². The van der Waals surface area contributed by atoms with Gasteiger partial charge in [-0.3, -0.25) is 4.79 Å². The van der Waals surface area contributed by atoms with E-state index in [0.717, 1.165) is 11.1 Å². The zero-order valence-corrected chi connectivity index (χ0v) is 12.7. The van der Waals surface area contributed by atoms with E-state index in [1.807, 2.05) is 61.5 Å². The Morgan fingerprint density at radius 1 is 1.09 bits per heavy atom.